The van der Waals surface area contributed by atoms with Gasteiger partial charge in [-0.25, -0.2) is 17.2 Å². The Balaban J connectivity index is 1.89. The summed E-state index contributed by atoms with van der Waals surface area (Å²) < 4.78 is 53.9. The summed E-state index contributed by atoms with van der Waals surface area (Å²) in [6.45, 7) is 3.75. The van der Waals surface area contributed by atoms with E-state index in [0.717, 1.165) is 16.1 Å². The van der Waals surface area contributed by atoms with Crippen LogP contribution in [0.15, 0.2) is 78.9 Å². The number of anilines is 1. The zero-order valence-corrected chi connectivity index (χ0v) is 24.4. The van der Waals surface area contributed by atoms with Crippen LogP contribution in [0.3, 0.4) is 0 Å². The highest BCUT2D eigenvalue weighted by Crippen LogP contribution is 2.23. The van der Waals surface area contributed by atoms with Gasteiger partial charge in [-0.2, -0.15) is 0 Å². The Morgan fingerprint density at radius 3 is 2.15 bits per heavy atom. The van der Waals surface area contributed by atoms with Gasteiger partial charge in [-0.1, -0.05) is 61.5 Å². The predicted molar refractivity (Wildman–Crippen MR) is 157 cm³/mol. The average molecular weight is 586 g/mol. The fourth-order valence-corrected chi connectivity index (χ4v) is 5.38. The minimum absolute atomic E-state index is 0.0492. The average Bonchev–Trinajstić information content (AvgIpc) is 2.94. The van der Waals surface area contributed by atoms with Gasteiger partial charge in [0.2, 0.25) is 21.8 Å². The second-order valence-corrected chi connectivity index (χ2v) is 12.0. The number of nitrogens with zero attached hydrogens (tertiary/aromatic N) is 2. The lowest BCUT2D eigenvalue weighted by Crippen LogP contribution is -2.52. The highest BCUT2D eigenvalue weighted by molar-refractivity contribution is 7.92. The van der Waals surface area contributed by atoms with Crippen molar-refractivity contribution in [3.8, 4) is 0 Å². The number of amides is 2. The van der Waals surface area contributed by atoms with E-state index >= 15 is 0 Å². The minimum Gasteiger partial charge on any atom is -0.352 e. The summed E-state index contributed by atoms with van der Waals surface area (Å²) in [5, 5.41) is 2.98. The Hall–Kier alpha value is -3.79. The molecule has 3 aromatic carbocycles. The highest BCUT2D eigenvalue weighted by atomic mass is 32.2. The Morgan fingerprint density at radius 2 is 1.54 bits per heavy atom. The summed E-state index contributed by atoms with van der Waals surface area (Å²) in [4.78, 5) is 28.8. The third-order valence-electron chi connectivity index (χ3n) is 6.81. The minimum atomic E-state index is -3.83. The molecule has 0 aliphatic heterocycles. The van der Waals surface area contributed by atoms with Gasteiger partial charge >= 0.3 is 0 Å². The molecule has 0 saturated heterocycles. The lowest BCUT2D eigenvalue weighted by Gasteiger charge is -2.32. The number of sulfonamides is 1. The number of para-hydroxylation sites is 1. The van der Waals surface area contributed by atoms with Crippen molar-refractivity contribution in [3.05, 3.63) is 102 Å². The molecule has 1 N–H and O–H groups in total. The molecule has 0 aromatic heterocycles. The Morgan fingerprint density at radius 1 is 0.902 bits per heavy atom. The molecule has 0 fully saturated rings. The zero-order valence-electron chi connectivity index (χ0n) is 23.6. The van der Waals surface area contributed by atoms with Gasteiger partial charge in [-0.05, 0) is 55.2 Å². The van der Waals surface area contributed by atoms with Crippen LogP contribution >= 0.6 is 0 Å². The van der Waals surface area contributed by atoms with E-state index in [-0.39, 0.29) is 55.9 Å². The van der Waals surface area contributed by atoms with Crippen LogP contribution in [0.5, 0.6) is 0 Å². The number of carbonyl (C=O) groups is 2. The summed E-state index contributed by atoms with van der Waals surface area (Å²) in [5.41, 5.74) is 1.40. The molecule has 10 heteroatoms. The van der Waals surface area contributed by atoms with E-state index in [1.165, 1.54) is 41.3 Å². The molecular weight excluding hydrogens is 548 g/mol. The van der Waals surface area contributed by atoms with Crippen LogP contribution in [0.1, 0.15) is 44.2 Å². The normalized spacial score (nSPS) is 12.8. The van der Waals surface area contributed by atoms with Gasteiger partial charge in [0.15, 0.2) is 0 Å². The molecule has 220 valence electrons. The van der Waals surface area contributed by atoms with Crippen molar-refractivity contribution in [1.29, 1.82) is 0 Å². The van der Waals surface area contributed by atoms with Crippen LogP contribution < -0.4 is 9.62 Å². The predicted octanol–water partition coefficient (Wildman–Crippen LogP) is 5.07. The second-order valence-electron chi connectivity index (χ2n) is 10.1. The highest BCUT2D eigenvalue weighted by Gasteiger charge is 2.31. The van der Waals surface area contributed by atoms with E-state index in [1.54, 1.807) is 12.1 Å². The van der Waals surface area contributed by atoms with Crippen LogP contribution in [0, 0.1) is 11.6 Å². The van der Waals surface area contributed by atoms with Crippen molar-refractivity contribution in [2.24, 2.45) is 0 Å². The van der Waals surface area contributed by atoms with Crippen LogP contribution in [-0.4, -0.2) is 50.0 Å². The van der Waals surface area contributed by atoms with Gasteiger partial charge in [0.1, 0.15) is 17.7 Å². The van der Waals surface area contributed by atoms with Crippen molar-refractivity contribution in [2.75, 3.05) is 17.1 Å². The van der Waals surface area contributed by atoms with Gasteiger partial charge in [0, 0.05) is 32.0 Å². The van der Waals surface area contributed by atoms with Gasteiger partial charge < -0.3 is 10.2 Å². The van der Waals surface area contributed by atoms with E-state index in [1.807, 2.05) is 44.2 Å². The standard InChI is InChI=1S/C31H37F2N3O4S/c1-4-23(2)34-31(38)29(21-24-11-6-5-7-12-24)35(22-25-16-18-26(32)19-17-25)30(37)15-10-20-36(41(3,39)40)28-14-9-8-13-27(28)33/h5-9,11-14,16-19,23,29H,4,10,15,20-22H2,1-3H3,(H,34,38)/t23-,29-/m0/s1. The molecule has 0 radical (unpaired) electrons. The quantitative estimate of drug-likeness (QED) is 0.286. The maximum atomic E-state index is 14.4. The first-order valence-corrected chi connectivity index (χ1v) is 15.4. The van der Waals surface area contributed by atoms with Gasteiger partial charge in [0.25, 0.3) is 0 Å². The number of hydrogen-bond donors (Lipinski definition) is 1. The first-order valence-electron chi connectivity index (χ1n) is 13.6. The Bertz CT molecular complexity index is 1400. The third-order valence-corrected chi connectivity index (χ3v) is 7.99. The second kappa shape index (κ2) is 14.7. The molecule has 0 aliphatic carbocycles. The maximum Gasteiger partial charge on any atom is 0.243 e. The maximum absolute atomic E-state index is 14.4. The smallest absolute Gasteiger partial charge is 0.243 e. The first-order chi connectivity index (χ1) is 19.5. The summed E-state index contributed by atoms with van der Waals surface area (Å²) in [7, 11) is -3.83. The molecule has 0 aliphatic rings. The fraction of sp³-hybridized carbons (Fsp3) is 0.355. The fourth-order valence-electron chi connectivity index (χ4n) is 4.42. The van der Waals surface area contributed by atoms with Crippen LogP contribution in [0.25, 0.3) is 0 Å². The molecule has 0 saturated carbocycles. The number of nitrogens with one attached hydrogen (secondary N) is 1. The number of carbonyl (C=O) groups excluding carboxylic acids is 2. The largest absolute Gasteiger partial charge is 0.352 e. The van der Waals surface area contributed by atoms with Crippen molar-refractivity contribution in [2.45, 2.75) is 58.2 Å². The van der Waals surface area contributed by atoms with Crippen molar-refractivity contribution in [1.82, 2.24) is 10.2 Å². The molecule has 41 heavy (non-hydrogen) atoms. The topological polar surface area (TPSA) is 86.8 Å². The number of benzene rings is 3. The monoisotopic (exact) mass is 585 g/mol. The molecular formula is C31H37F2N3O4S. The summed E-state index contributed by atoms with van der Waals surface area (Å²) in [6.07, 6.45) is 1.93. The van der Waals surface area contributed by atoms with Gasteiger partial charge in [-0.3, -0.25) is 13.9 Å². The zero-order chi connectivity index (χ0) is 30.0. The summed E-state index contributed by atoms with van der Waals surface area (Å²) >= 11 is 0. The van der Waals surface area contributed by atoms with E-state index in [9.17, 15) is 26.8 Å². The Kier molecular flexibility index (Phi) is 11.4. The van der Waals surface area contributed by atoms with Crippen LogP contribution in [-0.2, 0) is 32.6 Å². The lowest BCUT2D eigenvalue weighted by atomic mass is 10.0. The van der Waals surface area contributed by atoms with Crippen molar-refractivity contribution < 1.29 is 26.8 Å². The van der Waals surface area contributed by atoms with Crippen LogP contribution in [0.2, 0.25) is 0 Å². The molecule has 0 spiro atoms. The van der Waals surface area contributed by atoms with Crippen molar-refractivity contribution >= 4 is 27.5 Å². The third kappa shape index (κ3) is 9.38. The molecule has 0 unspecified atom stereocenters. The van der Waals surface area contributed by atoms with Gasteiger partial charge in [-0.15, -0.1) is 0 Å². The molecule has 3 rings (SSSR count). The molecule has 2 amide bonds. The van der Waals surface area contributed by atoms with E-state index in [2.05, 4.69) is 5.32 Å². The van der Waals surface area contributed by atoms with E-state index in [0.29, 0.717) is 12.0 Å². The molecule has 3 aromatic rings. The number of hydrogen-bond acceptors (Lipinski definition) is 4. The van der Waals surface area contributed by atoms with E-state index < -0.39 is 27.7 Å². The Labute approximate surface area is 241 Å². The van der Waals surface area contributed by atoms with Gasteiger partial charge in [0.05, 0.1) is 11.9 Å². The summed E-state index contributed by atoms with van der Waals surface area (Å²) in [5.74, 6) is -1.80. The number of halogens is 2. The lowest BCUT2D eigenvalue weighted by molar-refractivity contribution is -0.141. The number of rotatable bonds is 14. The SMILES string of the molecule is CC[C@H](C)NC(=O)[C@H](Cc1ccccc1)N(Cc1ccc(F)cc1)C(=O)CCCN(c1ccccc1F)S(C)(=O)=O. The molecule has 2 atom stereocenters. The first kappa shape index (κ1) is 31.7. The summed E-state index contributed by atoms with van der Waals surface area (Å²) in [6, 6.07) is 19.6. The molecule has 0 bridgehead atoms. The van der Waals surface area contributed by atoms with Crippen molar-refractivity contribution in [3.63, 3.8) is 0 Å². The molecule has 7 nitrogen and oxygen atoms in total. The van der Waals surface area contributed by atoms with E-state index in [4.69, 9.17) is 0 Å². The van der Waals surface area contributed by atoms with Crippen LogP contribution in [0.4, 0.5) is 14.5 Å². The molecule has 0 heterocycles.